The average Bonchev–Trinajstić information content (AvgIpc) is 2.21. The maximum Gasteiger partial charge on any atom is 0.140 e. The fraction of sp³-hybridized carbons (Fsp3) is 0.364. The van der Waals surface area contributed by atoms with Gasteiger partial charge in [0.1, 0.15) is 12.0 Å². The van der Waals surface area contributed by atoms with Gasteiger partial charge in [-0.15, -0.1) is 0 Å². The molecule has 0 aromatic heterocycles. The van der Waals surface area contributed by atoms with E-state index in [0.717, 1.165) is 11.8 Å². The van der Waals surface area contributed by atoms with Gasteiger partial charge in [0.25, 0.3) is 0 Å². The summed E-state index contributed by atoms with van der Waals surface area (Å²) in [6.07, 6.45) is 0.866. The molecular weight excluding hydrogens is 210 g/mol. The molecule has 0 radical (unpaired) electrons. The Labute approximate surface area is 94.0 Å². The molecule has 4 heteroatoms. The minimum Gasteiger partial charge on any atom is -0.508 e. The first-order chi connectivity index (χ1) is 7.05. The summed E-state index contributed by atoms with van der Waals surface area (Å²) in [5.41, 5.74) is 0.325. The van der Waals surface area contributed by atoms with Gasteiger partial charge in [0.2, 0.25) is 0 Å². The van der Waals surface area contributed by atoms with Gasteiger partial charge in [-0.25, -0.2) is 0 Å². The molecule has 0 saturated heterocycles. The standard InChI is InChI=1S/C11H15NO2S/c1-11(2,8-13)12-15-7-9-5-3-4-6-10(9)14/h3-6,8,12,14H,7H2,1-2H3. The van der Waals surface area contributed by atoms with Crippen molar-refractivity contribution in [3.63, 3.8) is 0 Å². The first-order valence-electron chi connectivity index (χ1n) is 4.67. The van der Waals surface area contributed by atoms with Gasteiger partial charge >= 0.3 is 0 Å². The first-order valence-corrected chi connectivity index (χ1v) is 5.66. The summed E-state index contributed by atoms with van der Waals surface area (Å²) in [6.45, 7) is 3.61. The lowest BCUT2D eigenvalue weighted by atomic mass is 10.1. The van der Waals surface area contributed by atoms with Crippen molar-refractivity contribution in [2.75, 3.05) is 0 Å². The number of nitrogens with one attached hydrogen (secondary N) is 1. The lowest BCUT2D eigenvalue weighted by molar-refractivity contribution is -0.111. The summed E-state index contributed by atoms with van der Waals surface area (Å²) < 4.78 is 3.02. The van der Waals surface area contributed by atoms with Crippen LogP contribution in [0.15, 0.2) is 24.3 Å². The van der Waals surface area contributed by atoms with Crippen LogP contribution in [0.1, 0.15) is 19.4 Å². The van der Waals surface area contributed by atoms with Crippen molar-refractivity contribution in [3.05, 3.63) is 29.8 Å². The van der Waals surface area contributed by atoms with Gasteiger partial charge in [-0.1, -0.05) is 30.1 Å². The Morgan fingerprint density at radius 1 is 1.47 bits per heavy atom. The fourth-order valence-corrected chi connectivity index (χ4v) is 1.85. The zero-order chi connectivity index (χ0) is 11.3. The molecule has 1 rings (SSSR count). The van der Waals surface area contributed by atoms with E-state index >= 15 is 0 Å². The molecule has 2 N–H and O–H groups in total. The second-order valence-corrected chi connectivity index (χ2v) is 4.64. The van der Waals surface area contributed by atoms with E-state index in [1.165, 1.54) is 11.9 Å². The molecule has 0 bridgehead atoms. The number of hydrogen-bond donors (Lipinski definition) is 2. The summed E-state index contributed by atoms with van der Waals surface area (Å²) in [4.78, 5) is 10.6. The molecule has 0 aliphatic carbocycles. The normalized spacial score (nSPS) is 11.3. The van der Waals surface area contributed by atoms with Crippen LogP contribution in [-0.2, 0) is 10.5 Å². The molecule has 0 unspecified atom stereocenters. The number of hydrogen-bond acceptors (Lipinski definition) is 4. The number of phenolic OH excluding ortho intramolecular Hbond substituents is 1. The number of carbonyl (C=O) groups excluding carboxylic acids is 1. The third-order valence-electron chi connectivity index (χ3n) is 1.85. The van der Waals surface area contributed by atoms with Gasteiger partial charge in [0.05, 0.1) is 5.54 Å². The van der Waals surface area contributed by atoms with Crippen LogP contribution in [-0.4, -0.2) is 16.9 Å². The number of rotatable bonds is 5. The Kier molecular flexibility index (Phi) is 4.17. The highest BCUT2D eigenvalue weighted by Crippen LogP contribution is 2.21. The summed E-state index contributed by atoms with van der Waals surface area (Å²) in [7, 11) is 0. The molecule has 1 aromatic carbocycles. The Morgan fingerprint density at radius 2 is 2.13 bits per heavy atom. The number of aromatic hydroxyl groups is 1. The molecule has 0 saturated carbocycles. The van der Waals surface area contributed by atoms with Crippen LogP contribution in [0.5, 0.6) is 5.75 Å². The van der Waals surface area contributed by atoms with E-state index in [2.05, 4.69) is 4.72 Å². The fourth-order valence-electron chi connectivity index (χ4n) is 0.957. The predicted octanol–water partition coefficient (Wildman–Crippen LogP) is 2.11. The van der Waals surface area contributed by atoms with E-state index in [1.54, 1.807) is 26.0 Å². The summed E-state index contributed by atoms with van der Waals surface area (Å²) in [6, 6.07) is 7.17. The molecule has 0 aliphatic heterocycles. The minimum absolute atomic E-state index is 0.288. The topological polar surface area (TPSA) is 49.3 Å². The second kappa shape index (κ2) is 5.19. The molecule has 0 atom stereocenters. The smallest absolute Gasteiger partial charge is 0.140 e. The Balaban J connectivity index is 2.45. The largest absolute Gasteiger partial charge is 0.508 e. The van der Waals surface area contributed by atoms with Crippen LogP contribution in [0.4, 0.5) is 0 Å². The number of carbonyl (C=O) groups is 1. The van der Waals surface area contributed by atoms with Crippen molar-refractivity contribution >= 4 is 18.2 Å². The van der Waals surface area contributed by atoms with E-state index in [4.69, 9.17) is 0 Å². The van der Waals surface area contributed by atoms with E-state index in [-0.39, 0.29) is 5.75 Å². The number of benzene rings is 1. The van der Waals surface area contributed by atoms with Gasteiger partial charge in [-0.2, -0.15) is 0 Å². The second-order valence-electron chi connectivity index (χ2n) is 3.86. The number of aldehydes is 1. The van der Waals surface area contributed by atoms with Gasteiger partial charge in [-0.3, -0.25) is 4.72 Å². The molecule has 0 heterocycles. The summed E-state index contributed by atoms with van der Waals surface area (Å²) in [5, 5.41) is 9.49. The predicted molar refractivity (Wildman–Crippen MR) is 62.7 cm³/mol. The monoisotopic (exact) mass is 225 g/mol. The first kappa shape index (κ1) is 12.1. The van der Waals surface area contributed by atoms with Gasteiger partial charge in [-0.05, 0) is 19.9 Å². The van der Waals surface area contributed by atoms with Crippen LogP contribution in [0.2, 0.25) is 0 Å². The molecule has 0 fully saturated rings. The van der Waals surface area contributed by atoms with E-state index < -0.39 is 5.54 Å². The average molecular weight is 225 g/mol. The molecule has 0 amide bonds. The lowest BCUT2D eigenvalue weighted by Crippen LogP contribution is -2.35. The van der Waals surface area contributed by atoms with Crippen LogP contribution < -0.4 is 4.72 Å². The molecule has 1 aromatic rings. The number of para-hydroxylation sites is 1. The molecule has 82 valence electrons. The third kappa shape index (κ3) is 3.93. The van der Waals surface area contributed by atoms with Crippen LogP contribution in [0.3, 0.4) is 0 Å². The van der Waals surface area contributed by atoms with Crippen molar-refractivity contribution in [3.8, 4) is 5.75 Å². The third-order valence-corrected chi connectivity index (χ3v) is 2.97. The molecule has 0 spiro atoms. The van der Waals surface area contributed by atoms with Crippen LogP contribution in [0.25, 0.3) is 0 Å². The van der Waals surface area contributed by atoms with E-state index in [0.29, 0.717) is 5.75 Å². The summed E-state index contributed by atoms with van der Waals surface area (Å²) >= 11 is 1.41. The van der Waals surface area contributed by atoms with E-state index in [9.17, 15) is 9.90 Å². The molecule has 15 heavy (non-hydrogen) atoms. The zero-order valence-electron chi connectivity index (χ0n) is 8.86. The van der Waals surface area contributed by atoms with Gasteiger partial charge < -0.3 is 9.90 Å². The summed E-state index contributed by atoms with van der Waals surface area (Å²) in [5.74, 6) is 0.917. The van der Waals surface area contributed by atoms with Crippen molar-refractivity contribution in [1.82, 2.24) is 4.72 Å². The van der Waals surface area contributed by atoms with Gasteiger partial charge in [0, 0.05) is 11.3 Å². The molecule has 3 nitrogen and oxygen atoms in total. The highest BCUT2D eigenvalue weighted by molar-refractivity contribution is 7.96. The molecule has 0 aliphatic rings. The Hall–Kier alpha value is -1.00. The van der Waals surface area contributed by atoms with Crippen molar-refractivity contribution in [2.45, 2.75) is 25.1 Å². The van der Waals surface area contributed by atoms with Gasteiger partial charge in [0.15, 0.2) is 0 Å². The highest BCUT2D eigenvalue weighted by atomic mass is 32.2. The molecular formula is C11H15NO2S. The Bertz CT molecular complexity index is 339. The number of phenols is 1. The van der Waals surface area contributed by atoms with E-state index in [1.807, 2.05) is 12.1 Å². The minimum atomic E-state index is -0.533. The maximum absolute atomic E-state index is 10.6. The van der Waals surface area contributed by atoms with Crippen molar-refractivity contribution < 1.29 is 9.90 Å². The quantitative estimate of drug-likeness (QED) is 0.595. The highest BCUT2D eigenvalue weighted by Gasteiger charge is 2.15. The van der Waals surface area contributed by atoms with Crippen LogP contribution in [0, 0.1) is 0 Å². The van der Waals surface area contributed by atoms with Crippen molar-refractivity contribution in [2.24, 2.45) is 0 Å². The lowest BCUT2D eigenvalue weighted by Gasteiger charge is -2.17. The zero-order valence-corrected chi connectivity index (χ0v) is 9.67. The van der Waals surface area contributed by atoms with Crippen LogP contribution >= 0.6 is 11.9 Å². The van der Waals surface area contributed by atoms with Crippen molar-refractivity contribution in [1.29, 1.82) is 0 Å². The Morgan fingerprint density at radius 3 is 2.73 bits per heavy atom. The SMILES string of the molecule is CC(C)(C=O)NSCc1ccccc1O. The maximum atomic E-state index is 10.6.